The Morgan fingerprint density at radius 1 is 0.971 bits per heavy atom. The zero-order valence-electron chi connectivity index (χ0n) is 19.1. The summed E-state index contributed by atoms with van der Waals surface area (Å²) in [5.41, 5.74) is 3.75. The molecule has 0 fully saturated rings. The SMILES string of the molecule is COC(=O)C(Cc1ccc(O)cc1)NC(=O)c1cc(C=O)c2cc(Cc3ccccc3)ccc2n1. The van der Waals surface area contributed by atoms with Gasteiger partial charge < -0.3 is 15.2 Å². The van der Waals surface area contributed by atoms with Gasteiger partial charge in [0.25, 0.3) is 5.91 Å². The summed E-state index contributed by atoms with van der Waals surface area (Å²) in [6.07, 6.45) is 1.56. The van der Waals surface area contributed by atoms with Crippen LogP contribution in [0.4, 0.5) is 0 Å². The lowest BCUT2D eigenvalue weighted by molar-refractivity contribution is -0.142. The van der Waals surface area contributed by atoms with Crippen molar-refractivity contribution in [3.8, 4) is 5.75 Å². The average Bonchev–Trinajstić information content (AvgIpc) is 2.89. The van der Waals surface area contributed by atoms with Crippen molar-refractivity contribution in [3.63, 3.8) is 0 Å². The summed E-state index contributed by atoms with van der Waals surface area (Å²) >= 11 is 0. The van der Waals surface area contributed by atoms with Crippen molar-refractivity contribution in [2.24, 2.45) is 0 Å². The maximum Gasteiger partial charge on any atom is 0.328 e. The van der Waals surface area contributed by atoms with Gasteiger partial charge in [0, 0.05) is 17.4 Å². The topological polar surface area (TPSA) is 106 Å². The van der Waals surface area contributed by atoms with Crippen molar-refractivity contribution >= 4 is 29.1 Å². The normalized spacial score (nSPS) is 11.6. The fourth-order valence-corrected chi connectivity index (χ4v) is 3.89. The molecule has 35 heavy (non-hydrogen) atoms. The number of methoxy groups -OCH3 is 1. The maximum atomic E-state index is 13.0. The second-order valence-corrected chi connectivity index (χ2v) is 8.15. The van der Waals surface area contributed by atoms with Crippen molar-refractivity contribution in [1.29, 1.82) is 0 Å². The quantitative estimate of drug-likeness (QED) is 0.301. The van der Waals surface area contributed by atoms with Crippen LogP contribution < -0.4 is 5.32 Å². The van der Waals surface area contributed by atoms with Gasteiger partial charge in [-0.15, -0.1) is 0 Å². The molecule has 0 aliphatic heterocycles. The molecule has 1 heterocycles. The summed E-state index contributed by atoms with van der Waals surface area (Å²) < 4.78 is 4.84. The van der Waals surface area contributed by atoms with Gasteiger partial charge in [-0.1, -0.05) is 48.5 Å². The van der Waals surface area contributed by atoms with E-state index in [1.807, 2.05) is 42.5 Å². The largest absolute Gasteiger partial charge is 0.508 e. The van der Waals surface area contributed by atoms with Gasteiger partial charge in [-0.25, -0.2) is 9.78 Å². The van der Waals surface area contributed by atoms with Crippen LogP contribution in [0, 0.1) is 0 Å². The lowest BCUT2D eigenvalue weighted by atomic mass is 10.0. The van der Waals surface area contributed by atoms with Crippen molar-refractivity contribution in [2.75, 3.05) is 7.11 Å². The number of carbonyl (C=O) groups is 3. The summed E-state index contributed by atoms with van der Waals surface area (Å²) in [7, 11) is 1.24. The Balaban J connectivity index is 1.59. The lowest BCUT2D eigenvalue weighted by Gasteiger charge is -2.17. The Kier molecular flexibility index (Phi) is 7.16. The molecule has 0 saturated carbocycles. The van der Waals surface area contributed by atoms with E-state index in [9.17, 15) is 19.5 Å². The van der Waals surface area contributed by atoms with Crippen LogP contribution in [0.1, 0.15) is 37.5 Å². The van der Waals surface area contributed by atoms with E-state index in [0.29, 0.717) is 29.2 Å². The number of aldehydes is 1. The summed E-state index contributed by atoms with van der Waals surface area (Å²) in [6, 6.07) is 22.3. The predicted octanol–water partition coefficient (Wildman–Crippen LogP) is 3.86. The highest BCUT2D eigenvalue weighted by Crippen LogP contribution is 2.21. The zero-order chi connectivity index (χ0) is 24.8. The van der Waals surface area contributed by atoms with Gasteiger partial charge >= 0.3 is 5.97 Å². The van der Waals surface area contributed by atoms with Crippen LogP contribution in [0.15, 0.2) is 78.9 Å². The number of benzene rings is 3. The smallest absolute Gasteiger partial charge is 0.328 e. The molecular weight excluding hydrogens is 444 g/mol. The number of aromatic nitrogens is 1. The van der Waals surface area contributed by atoms with E-state index >= 15 is 0 Å². The van der Waals surface area contributed by atoms with Crippen LogP contribution in [0.25, 0.3) is 10.9 Å². The number of rotatable bonds is 8. The van der Waals surface area contributed by atoms with Crippen LogP contribution in [0.3, 0.4) is 0 Å². The number of pyridine rings is 1. The van der Waals surface area contributed by atoms with Crippen molar-refractivity contribution in [1.82, 2.24) is 10.3 Å². The van der Waals surface area contributed by atoms with E-state index < -0.39 is 17.9 Å². The highest BCUT2D eigenvalue weighted by Gasteiger charge is 2.24. The standard InChI is InChI=1S/C28H24N2O5/c1-35-28(34)26(15-19-7-10-22(32)11-8-19)30-27(33)25-16-21(17-31)23-14-20(9-12-24(23)29-25)13-18-5-3-2-4-6-18/h2-12,14,16-17,26,32H,13,15H2,1H3,(H,30,33). The molecular formula is C28H24N2O5. The van der Waals surface area contributed by atoms with Crippen LogP contribution in [-0.2, 0) is 22.4 Å². The Morgan fingerprint density at radius 2 is 1.69 bits per heavy atom. The molecule has 0 radical (unpaired) electrons. The zero-order valence-corrected chi connectivity index (χ0v) is 19.1. The van der Waals surface area contributed by atoms with E-state index in [1.54, 1.807) is 18.2 Å². The molecule has 0 bridgehead atoms. The summed E-state index contributed by atoms with van der Waals surface area (Å²) in [5, 5.41) is 12.8. The molecule has 7 nitrogen and oxygen atoms in total. The number of amides is 1. The second-order valence-electron chi connectivity index (χ2n) is 8.15. The van der Waals surface area contributed by atoms with Gasteiger partial charge in [0.05, 0.1) is 12.6 Å². The summed E-state index contributed by atoms with van der Waals surface area (Å²) in [6.45, 7) is 0. The van der Waals surface area contributed by atoms with Crippen molar-refractivity contribution in [3.05, 3.63) is 107 Å². The van der Waals surface area contributed by atoms with Gasteiger partial charge in [-0.3, -0.25) is 9.59 Å². The molecule has 1 amide bonds. The number of phenols is 1. The monoisotopic (exact) mass is 468 g/mol. The molecule has 3 aromatic carbocycles. The first-order valence-corrected chi connectivity index (χ1v) is 11.1. The molecule has 0 spiro atoms. The van der Waals surface area contributed by atoms with E-state index in [4.69, 9.17) is 4.74 Å². The fourth-order valence-electron chi connectivity index (χ4n) is 3.89. The first-order valence-electron chi connectivity index (χ1n) is 11.1. The molecule has 0 saturated heterocycles. The molecule has 1 aromatic heterocycles. The number of carbonyl (C=O) groups excluding carboxylic acids is 3. The average molecular weight is 469 g/mol. The highest BCUT2D eigenvalue weighted by molar-refractivity contribution is 6.02. The summed E-state index contributed by atoms with van der Waals surface area (Å²) in [5.74, 6) is -1.12. The molecule has 4 aromatic rings. The number of aromatic hydroxyl groups is 1. The van der Waals surface area contributed by atoms with Gasteiger partial charge in [-0.2, -0.15) is 0 Å². The van der Waals surface area contributed by atoms with E-state index in [1.165, 1.54) is 25.3 Å². The number of esters is 1. The fraction of sp³-hybridized carbons (Fsp3) is 0.143. The molecule has 2 N–H and O–H groups in total. The number of ether oxygens (including phenoxy) is 1. The van der Waals surface area contributed by atoms with Crippen LogP contribution in [0.2, 0.25) is 0 Å². The van der Waals surface area contributed by atoms with Gasteiger partial charge in [0.15, 0.2) is 6.29 Å². The third-order valence-electron chi connectivity index (χ3n) is 5.68. The molecule has 176 valence electrons. The van der Waals surface area contributed by atoms with Crippen molar-refractivity contribution < 1.29 is 24.2 Å². The molecule has 1 atom stereocenters. The van der Waals surface area contributed by atoms with E-state index in [0.717, 1.165) is 16.7 Å². The van der Waals surface area contributed by atoms with Crippen LogP contribution in [-0.4, -0.2) is 41.4 Å². The molecule has 0 aliphatic carbocycles. The number of phenolic OH excluding ortho intramolecular Hbond substituents is 1. The first kappa shape index (κ1) is 23.6. The number of hydrogen-bond donors (Lipinski definition) is 2. The Labute approximate surface area is 202 Å². The highest BCUT2D eigenvalue weighted by atomic mass is 16.5. The molecule has 0 aliphatic rings. The third kappa shape index (κ3) is 5.70. The number of nitrogens with one attached hydrogen (secondary N) is 1. The minimum atomic E-state index is -0.970. The number of nitrogens with zero attached hydrogens (tertiary/aromatic N) is 1. The van der Waals surface area contributed by atoms with Crippen LogP contribution >= 0.6 is 0 Å². The molecule has 7 heteroatoms. The van der Waals surface area contributed by atoms with Crippen LogP contribution in [0.5, 0.6) is 5.75 Å². The first-order chi connectivity index (χ1) is 17.0. The third-order valence-corrected chi connectivity index (χ3v) is 5.68. The second kappa shape index (κ2) is 10.6. The van der Waals surface area contributed by atoms with Gasteiger partial charge in [-0.05, 0) is 53.4 Å². The van der Waals surface area contributed by atoms with Crippen molar-refractivity contribution in [2.45, 2.75) is 18.9 Å². The minimum absolute atomic E-state index is 0.0232. The molecule has 1 unspecified atom stereocenters. The maximum absolute atomic E-state index is 13.0. The number of fused-ring (bicyclic) bond motifs is 1. The van der Waals surface area contributed by atoms with E-state index in [-0.39, 0.29) is 17.9 Å². The predicted molar refractivity (Wildman–Crippen MR) is 131 cm³/mol. The number of hydrogen-bond acceptors (Lipinski definition) is 6. The van der Waals surface area contributed by atoms with E-state index in [2.05, 4.69) is 10.3 Å². The van der Waals surface area contributed by atoms with Gasteiger partial charge in [0.1, 0.15) is 17.5 Å². The summed E-state index contributed by atoms with van der Waals surface area (Å²) in [4.78, 5) is 41.6. The molecule has 4 rings (SSSR count). The Morgan fingerprint density at radius 3 is 2.37 bits per heavy atom. The minimum Gasteiger partial charge on any atom is -0.508 e. The Hall–Kier alpha value is -4.52. The van der Waals surface area contributed by atoms with Gasteiger partial charge in [0.2, 0.25) is 0 Å². The Bertz CT molecular complexity index is 1370. The lowest BCUT2D eigenvalue weighted by Crippen LogP contribution is -2.43.